The SMILES string of the molecule is CCN(C1CCCC1)S(=O)(=O)c1cc(CO)cc(C)c1Br. The molecule has 0 saturated heterocycles. The summed E-state index contributed by atoms with van der Waals surface area (Å²) in [7, 11) is -3.54. The number of sulfonamides is 1. The number of nitrogens with zero attached hydrogens (tertiary/aromatic N) is 1. The fourth-order valence-corrected chi connectivity index (χ4v) is 5.76. The van der Waals surface area contributed by atoms with E-state index in [0.717, 1.165) is 31.2 Å². The van der Waals surface area contributed by atoms with Gasteiger partial charge < -0.3 is 5.11 Å². The number of hydrogen-bond acceptors (Lipinski definition) is 3. The van der Waals surface area contributed by atoms with Gasteiger partial charge in [0, 0.05) is 17.1 Å². The van der Waals surface area contributed by atoms with Crippen LogP contribution < -0.4 is 0 Å². The van der Waals surface area contributed by atoms with Crippen LogP contribution in [0.15, 0.2) is 21.5 Å². The average Bonchev–Trinajstić information content (AvgIpc) is 2.95. The normalized spacial score (nSPS) is 16.8. The monoisotopic (exact) mass is 375 g/mol. The second-order valence-corrected chi connectivity index (χ2v) is 8.18. The average molecular weight is 376 g/mol. The third-order valence-electron chi connectivity index (χ3n) is 4.09. The zero-order valence-electron chi connectivity index (χ0n) is 12.5. The lowest BCUT2D eigenvalue weighted by atomic mass is 10.1. The van der Waals surface area contributed by atoms with Crippen LogP contribution in [-0.4, -0.2) is 30.4 Å². The van der Waals surface area contributed by atoms with Gasteiger partial charge in [-0.2, -0.15) is 4.31 Å². The van der Waals surface area contributed by atoms with Gasteiger partial charge in [-0.3, -0.25) is 0 Å². The minimum absolute atomic E-state index is 0.102. The van der Waals surface area contributed by atoms with Gasteiger partial charge in [-0.25, -0.2) is 8.42 Å². The molecule has 1 aliphatic rings. The molecule has 1 aromatic carbocycles. The van der Waals surface area contributed by atoms with E-state index in [-0.39, 0.29) is 17.5 Å². The Bertz CT molecular complexity index is 610. The first-order valence-corrected chi connectivity index (χ1v) is 9.56. The molecule has 0 aromatic heterocycles. The second kappa shape index (κ2) is 6.77. The highest BCUT2D eigenvalue weighted by atomic mass is 79.9. The maximum Gasteiger partial charge on any atom is 0.244 e. The summed E-state index contributed by atoms with van der Waals surface area (Å²) in [4.78, 5) is 0.264. The van der Waals surface area contributed by atoms with E-state index in [4.69, 9.17) is 0 Å². The highest BCUT2D eigenvalue weighted by Gasteiger charge is 2.33. The third-order valence-corrected chi connectivity index (χ3v) is 7.46. The lowest BCUT2D eigenvalue weighted by molar-refractivity contribution is 0.281. The third kappa shape index (κ3) is 3.33. The van der Waals surface area contributed by atoms with Crippen LogP contribution in [0.5, 0.6) is 0 Å². The summed E-state index contributed by atoms with van der Waals surface area (Å²) in [5.74, 6) is 0. The molecule has 1 fully saturated rings. The molecule has 0 spiro atoms. The van der Waals surface area contributed by atoms with Crippen molar-refractivity contribution in [2.24, 2.45) is 0 Å². The fourth-order valence-electron chi connectivity index (χ4n) is 3.03. The lowest BCUT2D eigenvalue weighted by Crippen LogP contribution is -2.38. The van der Waals surface area contributed by atoms with E-state index in [1.54, 1.807) is 16.4 Å². The topological polar surface area (TPSA) is 57.6 Å². The number of benzene rings is 1. The van der Waals surface area contributed by atoms with Crippen LogP contribution in [-0.2, 0) is 16.6 Å². The van der Waals surface area contributed by atoms with Crippen LogP contribution in [0, 0.1) is 6.92 Å². The van der Waals surface area contributed by atoms with Crippen LogP contribution in [0.4, 0.5) is 0 Å². The molecule has 1 aromatic rings. The smallest absolute Gasteiger partial charge is 0.244 e. The molecule has 4 nitrogen and oxygen atoms in total. The number of aryl methyl sites for hydroxylation is 1. The van der Waals surface area contributed by atoms with Crippen LogP contribution in [0.2, 0.25) is 0 Å². The van der Waals surface area contributed by atoms with E-state index in [9.17, 15) is 13.5 Å². The van der Waals surface area contributed by atoms with Crippen LogP contribution in [0.25, 0.3) is 0 Å². The Balaban J connectivity index is 2.49. The number of aliphatic hydroxyl groups excluding tert-OH is 1. The summed E-state index contributed by atoms with van der Waals surface area (Å²) in [6, 6.07) is 3.48. The molecule has 0 atom stereocenters. The Morgan fingerprint density at radius 2 is 1.95 bits per heavy atom. The Morgan fingerprint density at radius 1 is 1.33 bits per heavy atom. The van der Waals surface area contributed by atoms with Crippen molar-refractivity contribution in [1.29, 1.82) is 0 Å². The predicted molar refractivity (Wildman–Crippen MR) is 86.6 cm³/mol. The summed E-state index contributed by atoms with van der Waals surface area (Å²) in [5, 5.41) is 9.33. The van der Waals surface area contributed by atoms with Gasteiger partial charge in [0.2, 0.25) is 10.0 Å². The molecule has 1 N–H and O–H groups in total. The molecule has 0 radical (unpaired) electrons. The van der Waals surface area contributed by atoms with E-state index in [1.807, 2.05) is 13.8 Å². The van der Waals surface area contributed by atoms with Gasteiger partial charge in [0.15, 0.2) is 0 Å². The highest BCUT2D eigenvalue weighted by Crippen LogP contribution is 2.33. The van der Waals surface area contributed by atoms with Gasteiger partial charge >= 0.3 is 0 Å². The summed E-state index contributed by atoms with van der Waals surface area (Å²) in [5.41, 5.74) is 1.44. The Hall–Kier alpha value is -0.430. The first-order valence-electron chi connectivity index (χ1n) is 7.33. The van der Waals surface area contributed by atoms with Crippen LogP contribution >= 0.6 is 15.9 Å². The van der Waals surface area contributed by atoms with Gasteiger partial charge in [0.05, 0.1) is 11.5 Å². The van der Waals surface area contributed by atoms with Crippen molar-refractivity contribution in [2.45, 2.75) is 57.1 Å². The molecule has 0 aliphatic heterocycles. The van der Waals surface area contributed by atoms with Gasteiger partial charge in [-0.05, 0) is 52.9 Å². The molecule has 0 heterocycles. The Morgan fingerprint density at radius 3 is 2.48 bits per heavy atom. The quantitative estimate of drug-likeness (QED) is 0.859. The van der Waals surface area contributed by atoms with Crippen molar-refractivity contribution >= 4 is 26.0 Å². The van der Waals surface area contributed by atoms with Gasteiger partial charge in [-0.1, -0.05) is 25.8 Å². The van der Waals surface area contributed by atoms with Crippen molar-refractivity contribution < 1.29 is 13.5 Å². The van der Waals surface area contributed by atoms with Crippen molar-refractivity contribution in [3.63, 3.8) is 0 Å². The lowest BCUT2D eigenvalue weighted by Gasteiger charge is -2.27. The fraction of sp³-hybridized carbons (Fsp3) is 0.600. The van der Waals surface area contributed by atoms with E-state index < -0.39 is 10.0 Å². The van der Waals surface area contributed by atoms with Gasteiger partial charge in [0.25, 0.3) is 0 Å². The largest absolute Gasteiger partial charge is 0.392 e. The van der Waals surface area contributed by atoms with Crippen LogP contribution in [0.3, 0.4) is 0 Å². The Kier molecular flexibility index (Phi) is 5.46. The molecule has 2 rings (SSSR count). The van der Waals surface area contributed by atoms with E-state index in [2.05, 4.69) is 15.9 Å². The van der Waals surface area contributed by atoms with Crippen molar-refractivity contribution in [2.75, 3.05) is 6.54 Å². The highest BCUT2D eigenvalue weighted by molar-refractivity contribution is 9.10. The molecule has 1 saturated carbocycles. The minimum atomic E-state index is -3.54. The molecular weight excluding hydrogens is 354 g/mol. The molecule has 0 bridgehead atoms. The number of halogens is 1. The zero-order chi connectivity index (χ0) is 15.6. The standard InChI is InChI=1S/C15H22BrNO3S/c1-3-17(13-6-4-5-7-13)21(19,20)14-9-12(10-18)8-11(2)15(14)16/h8-9,13,18H,3-7,10H2,1-2H3. The summed E-state index contributed by atoms with van der Waals surface area (Å²) in [6.45, 7) is 4.04. The first-order chi connectivity index (χ1) is 9.91. The number of hydrogen-bond donors (Lipinski definition) is 1. The van der Waals surface area contributed by atoms with Crippen molar-refractivity contribution in [1.82, 2.24) is 4.31 Å². The molecule has 118 valence electrons. The molecule has 0 amide bonds. The van der Waals surface area contributed by atoms with E-state index in [0.29, 0.717) is 16.6 Å². The number of aliphatic hydroxyl groups is 1. The molecule has 0 unspecified atom stereocenters. The summed E-state index contributed by atoms with van der Waals surface area (Å²) >= 11 is 3.40. The van der Waals surface area contributed by atoms with Gasteiger partial charge in [0.1, 0.15) is 0 Å². The maximum absolute atomic E-state index is 13.0. The molecule has 1 aliphatic carbocycles. The molecule has 21 heavy (non-hydrogen) atoms. The van der Waals surface area contributed by atoms with E-state index in [1.165, 1.54) is 0 Å². The van der Waals surface area contributed by atoms with Crippen LogP contribution in [0.1, 0.15) is 43.7 Å². The van der Waals surface area contributed by atoms with E-state index >= 15 is 0 Å². The maximum atomic E-state index is 13.0. The second-order valence-electron chi connectivity index (χ2n) is 5.53. The molecule has 6 heteroatoms. The summed E-state index contributed by atoms with van der Waals surface area (Å²) in [6.07, 6.45) is 4.05. The predicted octanol–water partition coefficient (Wildman–Crippen LogP) is 3.20. The van der Waals surface area contributed by atoms with Crippen molar-refractivity contribution in [3.05, 3.63) is 27.7 Å². The van der Waals surface area contributed by atoms with Crippen molar-refractivity contribution in [3.8, 4) is 0 Å². The first kappa shape index (κ1) is 16.9. The minimum Gasteiger partial charge on any atom is -0.392 e. The molecular formula is C15H22BrNO3S. The zero-order valence-corrected chi connectivity index (χ0v) is 14.9. The van der Waals surface area contributed by atoms with Gasteiger partial charge in [-0.15, -0.1) is 0 Å². The summed E-state index contributed by atoms with van der Waals surface area (Å²) < 4.78 is 28.2. The Labute approximate surface area is 135 Å². The number of rotatable bonds is 5.